The highest BCUT2D eigenvalue weighted by Gasteiger charge is 2.03. The van der Waals surface area contributed by atoms with Gasteiger partial charge in [-0.2, -0.15) is 0 Å². The second-order valence-corrected chi connectivity index (χ2v) is 2.89. The molecule has 0 aromatic heterocycles. The van der Waals surface area contributed by atoms with Gasteiger partial charge in [0.1, 0.15) is 5.75 Å². The average molecular weight is 253 g/mol. The zero-order chi connectivity index (χ0) is 14.1. The zero-order valence-electron chi connectivity index (χ0n) is 9.11. The van der Waals surface area contributed by atoms with E-state index in [1.54, 1.807) is 12.1 Å². The Morgan fingerprint density at radius 2 is 1.44 bits per heavy atom. The first-order valence-corrected chi connectivity index (χ1v) is 4.56. The molecule has 0 aliphatic rings. The molecule has 7 heteroatoms. The van der Waals surface area contributed by atoms with Gasteiger partial charge >= 0.3 is 11.9 Å². The maximum atomic E-state index is 10.5. The number of carboxylic acids is 2. The van der Waals surface area contributed by atoms with Crippen LogP contribution in [0.5, 0.6) is 5.75 Å². The van der Waals surface area contributed by atoms with E-state index in [0.29, 0.717) is 12.2 Å². The van der Waals surface area contributed by atoms with Gasteiger partial charge in [-0.3, -0.25) is 4.79 Å². The lowest BCUT2D eigenvalue weighted by Gasteiger charge is -1.96. The Morgan fingerprint density at radius 3 is 1.72 bits per heavy atom. The molecule has 0 heterocycles. The van der Waals surface area contributed by atoms with E-state index >= 15 is 0 Å². The van der Waals surface area contributed by atoms with Gasteiger partial charge in [0, 0.05) is 12.2 Å². The molecule has 0 radical (unpaired) electrons. The fourth-order valence-electron chi connectivity index (χ4n) is 0.825. The van der Waals surface area contributed by atoms with Gasteiger partial charge in [0.05, 0.1) is 5.56 Å². The number of hydrogen-bond acceptors (Lipinski definition) is 4. The monoisotopic (exact) mass is 253 g/mol. The van der Waals surface area contributed by atoms with Gasteiger partial charge in [0.15, 0.2) is 0 Å². The van der Waals surface area contributed by atoms with Crippen LogP contribution in [-0.4, -0.2) is 33.2 Å². The number of aliphatic carboxylic acids is 2. The third kappa shape index (κ3) is 6.62. The summed E-state index contributed by atoms with van der Waals surface area (Å²) in [5, 5.41) is 24.6. The molecule has 1 rings (SSSR count). The smallest absolute Gasteiger partial charge is 0.328 e. The minimum absolute atomic E-state index is 0.0741. The van der Waals surface area contributed by atoms with Crippen LogP contribution in [0.15, 0.2) is 36.4 Å². The molecule has 1 amide bonds. The van der Waals surface area contributed by atoms with Crippen molar-refractivity contribution in [2.45, 2.75) is 0 Å². The highest BCUT2D eigenvalue weighted by atomic mass is 16.4. The average Bonchev–Trinajstić information content (AvgIpc) is 2.27. The molecule has 0 spiro atoms. The molecule has 0 bridgehead atoms. The fourth-order valence-corrected chi connectivity index (χ4v) is 0.825. The first-order chi connectivity index (χ1) is 8.34. The minimum Gasteiger partial charge on any atom is -0.507 e. The largest absolute Gasteiger partial charge is 0.507 e. The molecule has 0 saturated carbocycles. The number of phenols is 1. The normalized spacial score (nSPS) is 9.33. The van der Waals surface area contributed by atoms with Crippen molar-refractivity contribution in [1.82, 2.24) is 0 Å². The number of amides is 1. The van der Waals surface area contributed by atoms with Crippen molar-refractivity contribution in [2.75, 3.05) is 0 Å². The molecule has 96 valence electrons. The van der Waals surface area contributed by atoms with Crippen molar-refractivity contribution in [2.24, 2.45) is 5.73 Å². The van der Waals surface area contributed by atoms with Crippen LogP contribution in [0.3, 0.4) is 0 Å². The van der Waals surface area contributed by atoms with E-state index in [4.69, 9.17) is 21.1 Å². The molecule has 0 unspecified atom stereocenters. The van der Waals surface area contributed by atoms with Crippen LogP contribution < -0.4 is 5.73 Å². The quantitative estimate of drug-likeness (QED) is 0.568. The van der Waals surface area contributed by atoms with E-state index in [9.17, 15) is 14.4 Å². The van der Waals surface area contributed by atoms with Crippen molar-refractivity contribution in [1.29, 1.82) is 0 Å². The summed E-state index contributed by atoms with van der Waals surface area (Å²) in [6.45, 7) is 0. The maximum Gasteiger partial charge on any atom is 0.328 e. The van der Waals surface area contributed by atoms with E-state index < -0.39 is 17.8 Å². The number of hydrogen-bond donors (Lipinski definition) is 4. The molecule has 18 heavy (non-hydrogen) atoms. The van der Waals surface area contributed by atoms with E-state index in [-0.39, 0.29) is 11.3 Å². The van der Waals surface area contributed by atoms with Gasteiger partial charge in [-0.05, 0) is 12.1 Å². The summed E-state index contributed by atoms with van der Waals surface area (Å²) in [4.78, 5) is 29.6. The van der Waals surface area contributed by atoms with Gasteiger partial charge in [-0.25, -0.2) is 9.59 Å². The molecular formula is C11H11NO6. The Morgan fingerprint density at radius 1 is 1.00 bits per heavy atom. The third-order valence-corrected chi connectivity index (χ3v) is 1.54. The van der Waals surface area contributed by atoms with E-state index in [1.807, 2.05) is 0 Å². The summed E-state index contributed by atoms with van der Waals surface area (Å²) in [6.07, 6.45) is 1.12. The lowest BCUT2D eigenvalue weighted by molar-refractivity contribution is -0.134. The summed E-state index contributed by atoms with van der Waals surface area (Å²) in [7, 11) is 0. The van der Waals surface area contributed by atoms with Crippen molar-refractivity contribution in [3.05, 3.63) is 42.0 Å². The van der Waals surface area contributed by atoms with Crippen LogP contribution in [0.25, 0.3) is 0 Å². The van der Waals surface area contributed by atoms with Gasteiger partial charge in [-0.15, -0.1) is 0 Å². The second-order valence-electron chi connectivity index (χ2n) is 2.89. The molecule has 7 nitrogen and oxygen atoms in total. The van der Waals surface area contributed by atoms with Crippen LogP contribution >= 0.6 is 0 Å². The minimum atomic E-state index is -1.26. The second kappa shape index (κ2) is 7.44. The number of para-hydroxylation sites is 1. The molecule has 1 aromatic carbocycles. The molecule has 0 atom stereocenters. The highest BCUT2D eigenvalue weighted by molar-refractivity contribution is 5.95. The summed E-state index contributed by atoms with van der Waals surface area (Å²) >= 11 is 0. The van der Waals surface area contributed by atoms with Gasteiger partial charge in [0.25, 0.3) is 5.91 Å². The Balaban J connectivity index is 0.000000331. The molecule has 1 aromatic rings. The summed E-state index contributed by atoms with van der Waals surface area (Å²) in [6, 6.07) is 6.15. The zero-order valence-corrected chi connectivity index (χ0v) is 9.11. The van der Waals surface area contributed by atoms with E-state index in [1.165, 1.54) is 12.1 Å². The summed E-state index contributed by atoms with van der Waals surface area (Å²) < 4.78 is 0. The van der Waals surface area contributed by atoms with Crippen molar-refractivity contribution in [3.8, 4) is 5.75 Å². The topological polar surface area (TPSA) is 138 Å². The van der Waals surface area contributed by atoms with Crippen molar-refractivity contribution >= 4 is 17.8 Å². The number of rotatable bonds is 3. The number of carbonyl (C=O) groups is 3. The van der Waals surface area contributed by atoms with Crippen LogP contribution in [-0.2, 0) is 9.59 Å². The molecule has 0 fully saturated rings. The first-order valence-electron chi connectivity index (χ1n) is 4.56. The Bertz CT molecular complexity index is 464. The molecule has 0 aliphatic heterocycles. The number of benzene rings is 1. The Kier molecular flexibility index (Phi) is 6.27. The SMILES string of the molecule is NC(=O)c1ccccc1O.O=C(O)/C=C\C(=O)O. The molecule has 0 saturated heterocycles. The molecular weight excluding hydrogens is 242 g/mol. The molecule has 5 N–H and O–H groups in total. The van der Waals surface area contributed by atoms with Crippen LogP contribution in [0, 0.1) is 0 Å². The van der Waals surface area contributed by atoms with Gasteiger partial charge in [-0.1, -0.05) is 12.1 Å². The van der Waals surface area contributed by atoms with E-state index in [2.05, 4.69) is 0 Å². The first kappa shape index (κ1) is 15.2. The number of carboxylic acid groups (broad SMARTS) is 2. The van der Waals surface area contributed by atoms with Crippen LogP contribution in [0.4, 0.5) is 0 Å². The van der Waals surface area contributed by atoms with Crippen LogP contribution in [0.2, 0.25) is 0 Å². The number of aromatic hydroxyl groups is 1. The highest BCUT2D eigenvalue weighted by Crippen LogP contribution is 2.13. The Hall–Kier alpha value is -2.83. The lowest BCUT2D eigenvalue weighted by Crippen LogP contribution is -2.10. The molecule has 0 aliphatic carbocycles. The predicted molar refractivity (Wildman–Crippen MR) is 61.0 cm³/mol. The lowest BCUT2D eigenvalue weighted by atomic mass is 10.2. The standard InChI is InChI=1S/C7H7NO2.C4H4O4/c8-7(10)5-3-1-2-4-6(5)9;5-3(6)1-2-4(7)8/h1-4,9H,(H2,8,10);1-2H,(H,5,6)(H,7,8)/b;2-1-. The summed E-state index contributed by atoms with van der Waals surface area (Å²) in [5.74, 6) is -3.20. The number of nitrogens with two attached hydrogens (primary N) is 1. The van der Waals surface area contributed by atoms with Crippen molar-refractivity contribution < 1.29 is 29.7 Å². The number of primary amides is 1. The van der Waals surface area contributed by atoms with Gasteiger partial charge < -0.3 is 21.1 Å². The van der Waals surface area contributed by atoms with Crippen LogP contribution in [0.1, 0.15) is 10.4 Å². The van der Waals surface area contributed by atoms with E-state index in [0.717, 1.165) is 0 Å². The Labute approximate surface area is 102 Å². The summed E-state index contributed by atoms with van der Waals surface area (Å²) in [5.41, 5.74) is 5.07. The maximum absolute atomic E-state index is 10.5. The number of carbonyl (C=O) groups excluding carboxylic acids is 1. The van der Waals surface area contributed by atoms with Crippen molar-refractivity contribution in [3.63, 3.8) is 0 Å². The third-order valence-electron chi connectivity index (χ3n) is 1.54. The van der Waals surface area contributed by atoms with Gasteiger partial charge in [0.2, 0.25) is 0 Å². The fraction of sp³-hybridized carbons (Fsp3) is 0. The predicted octanol–water partition coefficient (Wildman–Crippen LogP) is 0.203.